The van der Waals surface area contributed by atoms with Crippen LogP contribution in [-0.2, 0) is 6.54 Å². The number of nitrogens with one attached hydrogen (secondary N) is 2. The number of carbonyl (C=O) groups is 1. The minimum absolute atomic E-state index is 0.145. The lowest BCUT2D eigenvalue weighted by molar-refractivity contribution is 0.102. The van der Waals surface area contributed by atoms with E-state index in [-0.39, 0.29) is 5.91 Å². The number of H-pyrrole nitrogens is 1. The van der Waals surface area contributed by atoms with Crippen LogP contribution in [0.15, 0.2) is 90.1 Å². The molecule has 5 aromatic rings. The third-order valence-corrected chi connectivity index (χ3v) is 8.40. The second-order valence-corrected chi connectivity index (χ2v) is 11.5. The molecule has 42 heavy (non-hydrogen) atoms. The normalized spacial score (nSPS) is 14.2. The van der Waals surface area contributed by atoms with Gasteiger partial charge in [0.15, 0.2) is 0 Å². The van der Waals surface area contributed by atoms with E-state index >= 15 is 0 Å². The van der Waals surface area contributed by atoms with E-state index in [1.807, 2.05) is 60.8 Å². The third kappa shape index (κ3) is 6.18. The van der Waals surface area contributed by atoms with Crippen LogP contribution in [0.5, 0.6) is 0 Å². The first-order chi connectivity index (χ1) is 20.4. The average molecular weight is 623 g/mol. The van der Waals surface area contributed by atoms with Crippen molar-refractivity contribution in [2.24, 2.45) is 0 Å². The fraction of sp³-hybridized carbons (Fsp3) is 0.212. The largest absolute Gasteiger partial charge is 0.360 e. The van der Waals surface area contributed by atoms with E-state index in [4.69, 9.17) is 4.98 Å². The summed E-state index contributed by atoms with van der Waals surface area (Å²) >= 11 is 3.69. The zero-order chi connectivity index (χ0) is 29.1. The summed E-state index contributed by atoms with van der Waals surface area (Å²) in [4.78, 5) is 34.8. The van der Waals surface area contributed by atoms with Crippen molar-refractivity contribution >= 4 is 27.5 Å². The second-order valence-electron chi connectivity index (χ2n) is 10.7. The lowest BCUT2D eigenvalue weighted by atomic mass is 10.0. The maximum absolute atomic E-state index is 13.1. The van der Waals surface area contributed by atoms with Gasteiger partial charge in [0.05, 0.1) is 29.5 Å². The van der Waals surface area contributed by atoms with E-state index in [0.29, 0.717) is 5.56 Å². The minimum atomic E-state index is -0.145. The second kappa shape index (κ2) is 12.4. The number of nitrogens with zero attached hydrogens (tertiary/aromatic N) is 5. The predicted octanol–water partition coefficient (Wildman–Crippen LogP) is 6.27. The molecule has 0 radical (unpaired) electrons. The first kappa shape index (κ1) is 28.0. The summed E-state index contributed by atoms with van der Waals surface area (Å²) in [6, 6.07) is 17.5. The van der Waals surface area contributed by atoms with Gasteiger partial charge in [-0.2, -0.15) is 0 Å². The number of anilines is 1. The Morgan fingerprint density at radius 2 is 1.74 bits per heavy atom. The summed E-state index contributed by atoms with van der Waals surface area (Å²) in [6.07, 6.45) is 9.03. The highest BCUT2D eigenvalue weighted by molar-refractivity contribution is 9.10. The maximum Gasteiger partial charge on any atom is 0.255 e. The zero-order valence-electron chi connectivity index (χ0n) is 23.6. The molecule has 0 atom stereocenters. The number of likely N-dealkylation sites (N-methyl/N-ethyl adjacent to an activating group) is 1. The fourth-order valence-corrected chi connectivity index (χ4v) is 5.71. The number of pyridine rings is 1. The van der Waals surface area contributed by atoms with E-state index in [9.17, 15) is 4.79 Å². The molecule has 2 aromatic carbocycles. The highest BCUT2D eigenvalue weighted by atomic mass is 79.9. The van der Waals surface area contributed by atoms with Crippen LogP contribution in [0.25, 0.3) is 33.8 Å². The monoisotopic (exact) mass is 621 g/mol. The van der Waals surface area contributed by atoms with Gasteiger partial charge < -0.3 is 15.2 Å². The van der Waals surface area contributed by atoms with Crippen LogP contribution in [0.2, 0.25) is 0 Å². The van der Waals surface area contributed by atoms with E-state index in [0.717, 1.165) is 82.2 Å². The van der Waals surface area contributed by atoms with E-state index in [2.05, 4.69) is 60.0 Å². The molecule has 1 aliphatic rings. The Kier molecular flexibility index (Phi) is 8.23. The third-order valence-electron chi connectivity index (χ3n) is 7.66. The smallest absolute Gasteiger partial charge is 0.255 e. The zero-order valence-corrected chi connectivity index (χ0v) is 25.2. The van der Waals surface area contributed by atoms with E-state index in [1.165, 1.54) is 5.56 Å². The van der Waals surface area contributed by atoms with Gasteiger partial charge in [-0.25, -0.2) is 4.98 Å². The average Bonchev–Trinajstić information content (AvgIpc) is 3.41. The first-order valence-electron chi connectivity index (χ1n) is 14.0. The van der Waals surface area contributed by atoms with Crippen molar-refractivity contribution in [1.82, 2.24) is 29.7 Å². The van der Waals surface area contributed by atoms with Gasteiger partial charge in [-0.05, 0) is 67.1 Å². The number of carbonyl (C=O) groups excluding carboxylic acids is 1. The van der Waals surface area contributed by atoms with Crippen LogP contribution in [-0.4, -0.2) is 68.9 Å². The number of hydrogen-bond acceptors (Lipinski definition) is 6. The Morgan fingerprint density at radius 3 is 2.48 bits per heavy atom. The Balaban J connectivity index is 1.16. The minimum Gasteiger partial charge on any atom is -0.360 e. The molecule has 6 rings (SSSR count). The number of rotatable bonds is 7. The van der Waals surface area contributed by atoms with Gasteiger partial charge in [0.25, 0.3) is 5.91 Å². The summed E-state index contributed by atoms with van der Waals surface area (Å²) in [5.74, 6) is -0.145. The number of aryl methyl sites for hydroxylation is 1. The van der Waals surface area contributed by atoms with Crippen molar-refractivity contribution < 1.29 is 4.79 Å². The van der Waals surface area contributed by atoms with Gasteiger partial charge in [0, 0.05) is 78.2 Å². The number of benzene rings is 2. The molecule has 1 fully saturated rings. The van der Waals surface area contributed by atoms with Crippen molar-refractivity contribution in [3.8, 4) is 33.8 Å². The van der Waals surface area contributed by atoms with Gasteiger partial charge in [-0.15, -0.1) is 0 Å². The Morgan fingerprint density at radius 1 is 0.952 bits per heavy atom. The van der Waals surface area contributed by atoms with Crippen LogP contribution in [0.4, 0.5) is 5.69 Å². The van der Waals surface area contributed by atoms with Crippen LogP contribution in [0.3, 0.4) is 0 Å². The van der Waals surface area contributed by atoms with Gasteiger partial charge in [-0.1, -0.05) is 34.1 Å². The number of hydrogen-bond donors (Lipinski definition) is 2. The number of piperazine rings is 1. The topological polar surface area (TPSA) is 90.0 Å². The summed E-state index contributed by atoms with van der Waals surface area (Å²) in [5, 5.41) is 3.03. The predicted molar refractivity (Wildman–Crippen MR) is 170 cm³/mol. The summed E-state index contributed by atoms with van der Waals surface area (Å²) in [7, 11) is 2.16. The molecule has 1 aliphatic heterocycles. The number of aromatic nitrogens is 4. The summed E-state index contributed by atoms with van der Waals surface area (Å²) in [6.45, 7) is 7.18. The van der Waals surface area contributed by atoms with Gasteiger partial charge in [-0.3, -0.25) is 19.7 Å². The molecule has 0 saturated carbocycles. The Labute approximate surface area is 254 Å². The van der Waals surface area contributed by atoms with Crippen LogP contribution in [0, 0.1) is 6.92 Å². The molecule has 1 saturated heterocycles. The van der Waals surface area contributed by atoms with Gasteiger partial charge in [0.1, 0.15) is 0 Å². The standard InChI is InChI=1S/C33H32BrN7O/c1-22-17-37-32(31(22)30-20-36-19-29(39-30)25-4-3-11-35-18-25)23-7-9-27(10-8-23)38-33(42)24-5-6-26(28(34)16-24)21-41-14-12-40(2)13-15-41/h3-11,16-20,37H,12-15,21H2,1-2H3,(H,38,42). The van der Waals surface area contributed by atoms with Crippen molar-refractivity contribution in [3.63, 3.8) is 0 Å². The highest BCUT2D eigenvalue weighted by Gasteiger charge is 2.18. The molecule has 9 heteroatoms. The first-order valence-corrected chi connectivity index (χ1v) is 14.8. The highest BCUT2D eigenvalue weighted by Crippen LogP contribution is 2.34. The molecular formula is C33H32BrN7O. The molecule has 212 valence electrons. The van der Waals surface area contributed by atoms with E-state index < -0.39 is 0 Å². The Hall–Kier alpha value is -4.18. The van der Waals surface area contributed by atoms with Gasteiger partial charge in [0.2, 0.25) is 0 Å². The van der Waals surface area contributed by atoms with Crippen LogP contribution >= 0.6 is 15.9 Å². The number of aromatic amines is 1. The Bertz CT molecular complexity index is 1690. The molecule has 8 nitrogen and oxygen atoms in total. The van der Waals surface area contributed by atoms with Crippen molar-refractivity contribution in [2.45, 2.75) is 13.5 Å². The lowest BCUT2D eigenvalue weighted by Gasteiger charge is -2.32. The molecular weight excluding hydrogens is 590 g/mol. The molecule has 3 aromatic heterocycles. The molecule has 0 aliphatic carbocycles. The SMILES string of the molecule is Cc1c[nH]c(-c2ccc(NC(=O)c3ccc(CN4CCN(C)CC4)c(Br)c3)cc2)c1-c1cncc(-c2cccnc2)n1. The molecule has 2 N–H and O–H groups in total. The number of amides is 1. The van der Waals surface area contributed by atoms with Crippen LogP contribution < -0.4 is 5.32 Å². The maximum atomic E-state index is 13.1. The molecule has 0 bridgehead atoms. The van der Waals surface area contributed by atoms with Gasteiger partial charge >= 0.3 is 0 Å². The lowest BCUT2D eigenvalue weighted by Crippen LogP contribution is -2.43. The van der Waals surface area contributed by atoms with Crippen molar-refractivity contribution in [3.05, 3.63) is 107 Å². The van der Waals surface area contributed by atoms with Crippen LogP contribution in [0.1, 0.15) is 21.5 Å². The molecule has 0 unspecified atom stereocenters. The fourth-order valence-electron chi connectivity index (χ4n) is 5.21. The van der Waals surface area contributed by atoms with Crippen molar-refractivity contribution in [1.29, 1.82) is 0 Å². The molecule has 4 heterocycles. The number of halogens is 1. The molecule has 0 spiro atoms. The quantitative estimate of drug-likeness (QED) is 0.223. The summed E-state index contributed by atoms with van der Waals surface area (Å²) in [5.41, 5.74) is 8.99. The summed E-state index contributed by atoms with van der Waals surface area (Å²) < 4.78 is 0.953. The molecule has 1 amide bonds. The van der Waals surface area contributed by atoms with E-state index in [1.54, 1.807) is 24.8 Å². The van der Waals surface area contributed by atoms with Crippen molar-refractivity contribution in [2.75, 3.05) is 38.5 Å².